The number of benzene rings is 1. The molecule has 1 aromatic rings. The van der Waals surface area contributed by atoms with Gasteiger partial charge in [-0.25, -0.2) is 0 Å². The van der Waals surface area contributed by atoms with Crippen LogP contribution in [0.1, 0.15) is 38.8 Å². The Morgan fingerprint density at radius 1 is 1.41 bits per heavy atom. The first-order valence-electron chi connectivity index (χ1n) is 6.35. The van der Waals surface area contributed by atoms with Crippen LogP contribution in [-0.2, 0) is 0 Å². The van der Waals surface area contributed by atoms with Crippen LogP contribution >= 0.6 is 0 Å². The monoisotopic (exact) mass is 233 g/mol. The Labute approximate surface area is 105 Å². The smallest absolute Gasteiger partial charge is 0.120 e. The van der Waals surface area contributed by atoms with Gasteiger partial charge in [0.15, 0.2) is 0 Å². The maximum atomic E-state index is 5.63. The molecule has 1 unspecified atom stereocenters. The first-order chi connectivity index (χ1) is 8.27. The van der Waals surface area contributed by atoms with Crippen molar-refractivity contribution in [1.29, 1.82) is 0 Å². The average Bonchev–Trinajstić information content (AvgIpc) is 2.36. The predicted molar refractivity (Wildman–Crippen MR) is 73.5 cm³/mol. The molecule has 2 heteroatoms. The SMILES string of the molecule is C/C=C/COc1cccc(C(C)NCCC)c1. The van der Waals surface area contributed by atoms with Crippen LogP contribution in [-0.4, -0.2) is 13.2 Å². The molecule has 0 aliphatic heterocycles. The molecular formula is C15H23NO. The molecule has 0 saturated heterocycles. The lowest BCUT2D eigenvalue weighted by atomic mass is 10.1. The standard InChI is InChI=1S/C15H23NO/c1-4-6-11-17-15-9-7-8-14(12-15)13(3)16-10-5-2/h4,6-9,12-13,16H,5,10-11H2,1-3H3/b6-4+. The van der Waals surface area contributed by atoms with Crippen molar-refractivity contribution < 1.29 is 4.74 Å². The lowest BCUT2D eigenvalue weighted by molar-refractivity contribution is 0.362. The quantitative estimate of drug-likeness (QED) is 0.725. The van der Waals surface area contributed by atoms with Crippen molar-refractivity contribution in [1.82, 2.24) is 5.32 Å². The lowest BCUT2D eigenvalue weighted by Crippen LogP contribution is -2.19. The van der Waals surface area contributed by atoms with Gasteiger partial charge in [0.05, 0.1) is 0 Å². The number of hydrogen-bond donors (Lipinski definition) is 1. The maximum Gasteiger partial charge on any atom is 0.120 e. The molecule has 1 N–H and O–H groups in total. The molecule has 0 fully saturated rings. The molecule has 94 valence electrons. The summed E-state index contributed by atoms with van der Waals surface area (Å²) in [6.07, 6.45) is 5.16. The van der Waals surface area contributed by atoms with Crippen LogP contribution in [0.15, 0.2) is 36.4 Å². The summed E-state index contributed by atoms with van der Waals surface area (Å²) in [4.78, 5) is 0. The summed E-state index contributed by atoms with van der Waals surface area (Å²) in [7, 11) is 0. The summed E-state index contributed by atoms with van der Waals surface area (Å²) in [6.45, 7) is 8.04. The molecule has 0 bridgehead atoms. The molecule has 0 amide bonds. The van der Waals surface area contributed by atoms with Gasteiger partial charge in [0.2, 0.25) is 0 Å². The third-order valence-electron chi connectivity index (χ3n) is 2.64. The zero-order valence-electron chi connectivity index (χ0n) is 11.1. The van der Waals surface area contributed by atoms with Crippen LogP contribution in [0, 0.1) is 0 Å². The highest BCUT2D eigenvalue weighted by Crippen LogP contribution is 2.19. The fourth-order valence-electron chi connectivity index (χ4n) is 1.59. The first kappa shape index (κ1) is 13.8. The third-order valence-corrected chi connectivity index (χ3v) is 2.64. The summed E-state index contributed by atoms with van der Waals surface area (Å²) >= 11 is 0. The largest absolute Gasteiger partial charge is 0.490 e. The normalized spacial score (nSPS) is 12.9. The number of hydrogen-bond acceptors (Lipinski definition) is 2. The third kappa shape index (κ3) is 5.05. The number of ether oxygens (including phenoxy) is 1. The van der Waals surface area contributed by atoms with Crippen molar-refractivity contribution in [3.63, 3.8) is 0 Å². The first-order valence-corrected chi connectivity index (χ1v) is 6.35. The second kappa shape index (κ2) is 7.91. The zero-order chi connectivity index (χ0) is 12.5. The van der Waals surface area contributed by atoms with E-state index in [9.17, 15) is 0 Å². The van der Waals surface area contributed by atoms with E-state index in [4.69, 9.17) is 4.74 Å². The van der Waals surface area contributed by atoms with Gasteiger partial charge >= 0.3 is 0 Å². The van der Waals surface area contributed by atoms with E-state index in [1.165, 1.54) is 5.56 Å². The highest BCUT2D eigenvalue weighted by atomic mass is 16.5. The Hall–Kier alpha value is -1.28. The van der Waals surface area contributed by atoms with Crippen LogP contribution in [0.4, 0.5) is 0 Å². The van der Waals surface area contributed by atoms with E-state index in [1.54, 1.807) is 0 Å². The van der Waals surface area contributed by atoms with Crippen molar-refractivity contribution in [3.05, 3.63) is 42.0 Å². The number of rotatable bonds is 7. The van der Waals surface area contributed by atoms with Crippen molar-refractivity contribution in [2.75, 3.05) is 13.2 Å². The molecule has 0 aromatic heterocycles. The van der Waals surface area contributed by atoms with Gasteiger partial charge < -0.3 is 10.1 Å². The van der Waals surface area contributed by atoms with E-state index in [0.717, 1.165) is 18.7 Å². The fraction of sp³-hybridized carbons (Fsp3) is 0.467. The van der Waals surface area contributed by atoms with Gasteiger partial charge in [-0.15, -0.1) is 0 Å². The second-order valence-corrected chi connectivity index (χ2v) is 4.13. The molecule has 0 spiro atoms. The molecule has 0 aliphatic rings. The van der Waals surface area contributed by atoms with Gasteiger partial charge in [-0.1, -0.05) is 31.2 Å². The molecule has 1 rings (SSSR count). The summed E-state index contributed by atoms with van der Waals surface area (Å²) in [5.41, 5.74) is 1.27. The van der Waals surface area contributed by atoms with E-state index >= 15 is 0 Å². The Morgan fingerprint density at radius 2 is 2.24 bits per heavy atom. The van der Waals surface area contributed by atoms with Gasteiger partial charge in [-0.05, 0) is 44.5 Å². The molecule has 0 aliphatic carbocycles. The highest BCUT2D eigenvalue weighted by molar-refractivity contribution is 5.30. The van der Waals surface area contributed by atoms with Crippen molar-refractivity contribution >= 4 is 0 Å². The lowest BCUT2D eigenvalue weighted by Gasteiger charge is -2.14. The number of nitrogens with one attached hydrogen (secondary N) is 1. The minimum atomic E-state index is 0.375. The van der Waals surface area contributed by atoms with Crippen molar-refractivity contribution in [3.8, 4) is 5.75 Å². The molecule has 2 nitrogen and oxygen atoms in total. The Bertz CT molecular complexity index is 347. The molecular weight excluding hydrogens is 210 g/mol. The summed E-state index contributed by atoms with van der Waals surface area (Å²) in [5.74, 6) is 0.936. The molecule has 1 aromatic carbocycles. The van der Waals surface area contributed by atoms with Gasteiger partial charge in [-0.2, -0.15) is 0 Å². The van der Waals surface area contributed by atoms with Crippen molar-refractivity contribution in [2.45, 2.75) is 33.2 Å². The molecule has 0 heterocycles. The second-order valence-electron chi connectivity index (χ2n) is 4.13. The molecule has 1 atom stereocenters. The Morgan fingerprint density at radius 3 is 2.94 bits per heavy atom. The number of allylic oxidation sites excluding steroid dienone is 1. The fourth-order valence-corrected chi connectivity index (χ4v) is 1.59. The minimum Gasteiger partial charge on any atom is -0.490 e. The molecule has 0 radical (unpaired) electrons. The average molecular weight is 233 g/mol. The zero-order valence-corrected chi connectivity index (χ0v) is 11.1. The van der Waals surface area contributed by atoms with E-state index in [-0.39, 0.29) is 0 Å². The van der Waals surface area contributed by atoms with Gasteiger partial charge in [0.25, 0.3) is 0 Å². The van der Waals surface area contributed by atoms with Crippen LogP contribution in [0.3, 0.4) is 0 Å². The van der Waals surface area contributed by atoms with E-state index < -0.39 is 0 Å². The summed E-state index contributed by atoms with van der Waals surface area (Å²) < 4.78 is 5.63. The van der Waals surface area contributed by atoms with Crippen molar-refractivity contribution in [2.24, 2.45) is 0 Å². The van der Waals surface area contributed by atoms with E-state index in [1.807, 2.05) is 31.2 Å². The Kier molecular flexibility index (Phi) is 6.41. The van der Waals surface area contributed by atoms with Crippen LogP contribution in [0.25, 0.3) is 0 Å². The van der Waals surface area contributed by atoms with E-state index in [2.05, 4.69) is 31.3 Å². The summed E-state index contributed by atoms with van der Waals surface area (Å²) in [5, 5.41) is 3.47. The molecule has 0 saturated carbocycles. The molecule has 17 heavy (non-hydrogen) atoms. The summed E-state index contributed by atoms with van der Waals surface area (Å²) in [6, 6.07) is 8.66. The van der Waals surface area contributed by atoms with E-state index in [0.29, 0.717) is 12.6 Å². The van der Waals surface area contributed by atoms with Gasteiger partial charge in [0.1, 0.15) is 12.4 Å². The van der Waals surface area contributed by atoms with Crippen LogP contribution in [0.2, 0.25) is 0 Å². The predicted octanol–water partition coefficient (Wildman–Crippen LogP) is 3.70. The highest BCUT2D eigenvalue weighted by Gasteiger charge is 2.04. The van der Waals surface area contributed by atoms with Crippen LogP contribution in [0.5, 0.6) is 5.75 Å². The van der Waals surface area contributed by atoms with Crippen LogP contribution < -0.4 is 10.1 Å². The minimum absolute atomic E-state index is 0.375. The maximum absolute atomic E-state index is 5.63. The van der Waals surface area contributed by atoms with Gasteiger partial charge in [0, 0.05) is 6.04 Å². The Balaban J connectivity index is 2.58. The topological polar surface area (TPSA) is 21.3 Å². The van der Waals surface area contributed by atoms with Gasteiger partial charge in [-0.3, -0.25) is 0 Å².